The minimum atomic E-state index is -0.453. The summed E-state index contributed by atoms with van der Waals surface area (Å²) in [6.07, 6.45) is 0.807. The van der Waals surface area contributed by atoms with Crippen LogP contribution in [-0.2, 0) is 9.59 Å². The molecule has 3 rings (SSSR count). The maximum Gasteiger partial charge on any atom is 0.243 e. The second-order valence-corrected chi connectivity index (χ2v) is 6.60. The molecule has 0 bridgehead atoms. The van der Waals surface area contributed by atoms with Gasteiger partial charge in [-0.3, -0.25) is 9.59 Å². The first-order valence-corrected chi connectivity index (χ1v) is 8.75. The molecule has 1 N–H and O–H groups in total. The Hall–Kier alpha value is -2.62. The van der Waals surface area contributed by atoms with Crippen molar-refractivity contribution in [1.82, 2.24) is 10.2 Å². The Morgan fingerprint density at radius 3 is 2.24 bits per heavy atom. The van der Waals surface area contributed by atoms with Gasteiger partial charge in [0.25, 0.3) is 0 Å². The van der Waals surface area contributed by atoms with E-state index >= 15 is 0 Å². The van der Waals surface area contributed by atoms with E-state index in [1.54, 1.807) is 4.90 Å². The summed E-state index contributed by atoms with van der Waals surface area (Å²) in [5.74, 6) is -0.100. The third-order valence-electron chi connectivity index (χ3n) is 4.96. The number of nitrogens with one attached hydrogen (secondary N) is 1. The molecule has 2 aromatic rings. The maximum absolute atomic E-state index is 13.0. The minimum Gasteiger partial charge on any atom is -0.348 e. The van der Waals surface area contributed by atoms with E-state index in [9.17, 15) is 9.59 Å². The van der Waals surface area contributed by atoms with E-state index in [4.69, 9.17) is 0 Å². The second-order valence-electron chi connectivity index (χ2n) is 6.60. The molecule has 4 nitrogen and oxygen atoms in total. The quantitative estimate of drug-likeness (QED) is 0.931. The monoisotopic (exact) mass is 336 g/mol. The molecule has 25 heavy (non-hydrogen) atoms. The van der Waals surface area contributed by atoms with Crippen LogP contribution in [0.5, 0.6) is 0 Å². The number of amides is 2. The Labute approximate surface area is 148 Å². The van der Waals surface area contributed by atoms with Gasteiger partial charge in [-0.1, -0.05) is 60.7 Å². The first kappa shape index (κ1) is 17.2. The van der Waals surface area contributed by atoms with Crippen LogP contribution in [0, 0.1) is 0 Å². The van der Waals surface area contributed by atoms with Crippen LogP contribution in [0.4, 0.5) is 0 Å². The Balaban J connectivity index is 1.82. The normalized spacial score (nSPS) is 21.0. The average Bonchev–Trinajstić information content (AvgIpc) is 3.08. The van der Waals surface area contributed by atoms with E-state index < -0.39 is 6.04 Å². The number of nitrogens with zero attached hydrogens (tertiary/aromatic N) is 1. The first-order valence-electron chi connectivity index (χ1n) is 8.75. The molecule has 4 heteroatoms. The first-order chi connectivity index (χ1) is 12.1. The van der Waals surface area contributed by atoms with Gasteiger partial charge >= 0.3 is 0 Å². The van der Waals surface area contributed by atoms with E-state index in [1.165, 1.54) is 6.92 Å². The number of benzene rings is 2. The lowest BCUT2D eigenvalue weighted by Crippen LogP contribution is -2.47. The summed E-state index contributed by atoms with van der Waals surface area (Å²) in [7, 11) is 0. The van der Waals surface area contributed by atoms with E-state index in [0.717, 1.165) is 17.5 Å². The molecule has 0 saturated carbocycles. The highest BCUT2D eigenvalue weighted by atomic mass is 16.2. The molecule has 1 aliphatic rings. The Bertz CT molecular complexity index is 730. The predicted octanol–water partition coefficient (Wildman–Crippen LogP) is 3.27. The fourth-order valence-electron chi connectivity index (χ4n) is 3.64. The highest BCUT2D eigenvalue weighted by Crippen LogP contribution is 2.34. The lowest BCUT2D eigenvalue weighted by Gasteiger charge is -2.28. The van der Waals surface area contributed by atoms with Gasteiger partial charge in [0.2, 0.25) is 11.8 Å². The summed E-state index contributed by atoms with van der Waals surface area (Å²) in [6, 6.07) is 19.3. The van der Waals surface area contributed by atoms with E-state index in [1.807, 2.05) is 67.6 Å². The van der Waals surface area contributed by atoms with Gasteiger partial charge in [-0.15, -0.1) is 0 Å². The van der Waals surface area contributed by atoms with Crippen molar-refractivity contribution in [1.29, 1.82) is 0 Å². The number of hydrogen-bond acceptors (Lipinski definition) is 2. The molecular formula is C21H24N2O2. The van der Waals surface area contributed by atoms with Crippen LogP contribution in [-0.4, -0.2) is 29.3 Å². The van der Waals surface area contributed by atoms with Crippen molar-refractivity contribution in [2.24, 2.45) is 0 Å². The standard InChI is InChI=1S/C21H24N2O2/c1-15(17-9-5-3-6-10-17)22-21(25)20-19(13-14-23(20)16(2)24)18-11-7-4-8-12-18/h3-12,15,19-20H,13-14H2,1-2H3,(H,22,25)/t15-,19+,20-/m0/s1. The van der Waals surface area contributed by atoms with E-state index in [0.29, 0.717) is 6.54 Å². The summed E-state index contributed by atoms with van der Waals surface area (Å²) >= 11 is 0. The minimum absolute atomic E-state index is 0.0353. The molecule has 0 radical (unpaired) electrons. The van der Waals surface area contributed by atoms with Gasteiger partial charge in [0.15, 0.2) is 0 Å². The summed E-state index contributed by atoms with van der Waals surface area (Å²) in [4.78, 5) is 26.8. The van der Waals surface area contributed by atoms with Crippen LogP contribution < -0.4 is 5.32 Å². The fourth-order valence-corrected chi connectivity index (χ4v) is 3.64. The van der Waals surface area contributed by atoms with Crippen molar-refractivity contribution in [2.45, 2.75) is 38.3 Å². The van der Waals surface area contributed by atoms with Gasteiger partial charge in [0, 0.05) is 19.4 Å². The van der Waals surface area contributed by atoms with Crippen molar-refractivity contribution >= 4 is 11.8 Å². The summed E-state index contributed by atoms with van der Waals surface area (Å²) < 4.78 is 0. The number of hydrogen-bond donors (Lipinski definition) is 1. The summed E-state index contributed by atoms with van der Waals surface area (Å²) in [6.45, 7) is 4.12. The smallest absolute Gasteiger partial charge is 0.243 e. The summed E-state index contributed by atoms with van der Waals surface area (Å²) in [5.41, 5.74) is 2.17. The molecule has 1 aliphatic heterocycles. The lowest BCUT2D eigenvalue weighted by atomic mass is 9.91. The van der Waals surface area contributed by atoms with Crippen LogP contribution in [0.3, 0.4) is 0 Å². The number of carbonyl (C=O) groups excluding carboxylic acids is 2. The van der Waals surface area contributed by atoms with E-state index in [2.05, 4.69) is 5.32 Å². The Kier molecular flexibility index (Phi) is 5.17. The zero-order valence-electron chi connectivity index (χ0n) is 14.7. The van der Waals surface area contributed by atoms with Crippen LogP contribution in [0.15, 0.2) is 60.7 Å². The fraction of sp³-hybridized carbons (Fsp3) is 0.333. The van der Waals surface area contributed by atoms with Crippen molar-refractivity contribution in [2.75, 3.05) is 6.54 Å². The highest BCUT2D eigenvalue weighted by molar-refractivity contribution is 5.88. The maximum atomic E-state index is 13.0. The van der Waals surface area contributed by atoms with Crippen molar-refractivity contribution in [3.63, 3.8) is 0 Å². The highest BCUT2D eigenvalue weighted by Gasteiger charge is 2.41. The average molecular weight is 336 g/mol. The van der Waals surface area contributed by atoms with Crippen LogP contribution in [0.2, 0.25) is 0 Å². The van der Waals surface area contributed by atoms with Gasteiger partial charge in [0.05, 0.1) is 6.04 Å². The molecule has 130 valence electrons. The molecule has 0 spiro atoms. The zero-order chi connectivity index (χ0) is 17.8. The van der Waals surface area contributed by atoms with Crippen LogP contribution in [0.1, 0.15) is 43.4 Å². The van der Waals surface area contributed by atoms with Gasteiger partial charge in [-0.25, -0.2) is 0 Å². The molecule has 2 aromatic carbocycles. The van der Waals surface area contributed by atoms with Gasteiger partial charge in [0.1, 0.15) is 6.04 Å². The molecule has 1 fully saturated rings. The largest absolute Gasteiger partial charge is 0.348 e. The molecule has 2 amide bonds. The van der Waals surface area contributed by atoms with Crippen molar-refractivity contribution in [3.8, 4) is 0 Å². The number of carbonyl (C=O) groups is 2. The topological polar surface area (TPSA) is 49.4 Å². The van der Waals surface area contributed by atoms with E-state index in [-0.39, 0.29) is 23.8 Å². The molecule has 1 heterocycles. The van der Waals surface area contributed by atoms with Gasteiger partial charge < -0.3 is 10.2 Å². The Morgan fingerprint density at radius 2 is 1.64 bits per heavy atom. The molecule has 3 atom stereocenters. The van der Waals surface area contributed by atoms with Crippen molar-refractivity contribution < 1.29 is 9.59 Å². The van der Waals surface area contributed by atoms with Gasteiger partial charge in [-0.05, 0) is 24.5 Å². The second kappa shape index (κ2) is 7.51. The van der Waals surface area contributed by atoms with Crippen molar-refractivity contribution in [3.05, 3.63) is 71.8 Å². The third kappa shape index (κ3) is 3.73. The SMILES string of the molecule is CC(=O)N1CC[C@H](c2ccccc2)[C@H]1C(=O)N[C@@H](C)c1ccccc1. The molecule has 0 unspecified atom stereocenters. The van der Waals surface area contributed by atoms with Crippen LogP contribution >= 0.6 is 0 Å². The number of rotatable bonds is 4. The zero-order valence-corrected chi connectivity index (χ0v) is 14.7. The summed E-state index contributed by atoms with van der Waals surface area (Å²) in [5, 5.41) is 3.09. The van der Waals surface area contributed by atoms with Gasteiger partial charge in [-0.2, -0.15) is 0 Å². The molecule has 0 aliphatic carbocycles. The molecule has 1 saturated heterocycles. The van der Waals surface area contributed by atoms with Crippen LogP contribution in [0.25, 0.3) is 0 Å². The predicted molar refractivity (Wildman–Crippen MR) is 98.0 cm³/mol. The molecule has 0 aromatic heterocycles. The third-order valence-corrected chi connectivity index (χ3v) is 4.96. The Morgan fingerprint density at radius 1 is 1.04 bits per heavy atom. The molecular weight excluding hydrogens is 312 g/mol. The number of likely N-dealkylation sites (tertiary alicyclic amines) is 1. The lowest BCUT2D eigenvalue weighted by molar-refractivity contribution is -0.137.